The van der Waals surface area contributed by atoms with Crippen LogP contribution in [0, 0.1) is 0 Å². The molecule has 0 fully saturated rings. The predicted molar refractivity (Wildman–Crippen MR) is 95.2 cm³/mol. The van der Waals surface area contributed by atoms with Crippen molar-refractivity contribution < 1.29 is 90.0 Å². The highest BCUT2D eigenvalue weighted by molar-refractivity contribution is 7.32. The summed E-state index contributed by atoms with van der Waals surface area (Å²) < 4.78 is 195. The molecule has 0 radical (unpaired) electrons. The van der Waals surface area contributed by atoms with Crippen LogP contribution >= 0.6 is 8.25 Å². The van der Waals surface area contributed by atoms with Gasteiger partial charge >= 0.3 is 45.2 Å². The lowest BCUT2D eigenvalue weighted by Crippen LogP contribution is -2.57. The lowest BCUT2D eigenvalue weighted by atomic mass is 10.0. The van der Waals surface area contributed by atoms with Crippen molar-refractivity contribution in [3.8, 4) is 11.5 Å². The summed E-state index contributed by atoms with van der Waals surface area (Å²) in [5.41, 5.74) is 0.144. The van der Waals surface area contributed by atoms with Gasteiger partial charge in [0.05, 0.1) is 0 Å². The molecular formula is C17H15F13O7P+. The minimum Gasteiger partial charge on any atom is -0.484 e. The number of ether oxygens (including phenoxy) is 4. The lowest BCUT2D eigenvalue weighted by Gasteiger charge is -2.33. The maximum absolute atomic E-state index is 13.9. The zero-order valence-corrected chi connectivity index (χ0v) is 19.4. The van der Waals surface area contributed by atoms with E-state index >= 15 is 0 Å². The number of rotatable bonds is 14. The van der Waals surface area contributed by atoms with E-state index in [0.29, 0.717) is 0 Å². The normalized spacial score (nSPS) is 14.5. The SMILES string of the molecule is CCc1c(OCC(F)(F)OC(F)(F)C(F)(F)OC(F)(F)C(F)(F)OC(F)(F)F)ccc(O[P+](=O)O)c1CC. The molecule has 0 bridgehead atoms. The van der Waals surface area contributed by atoms with Crippen molar-refractivity contribution in [2.75, 3.05) is 6.61 Å². The van der Waals surface area contributed by atoms with E-state index in [-0.39, 0.29) is 29.7 Å². The molecule has 38 heavy (non-hydrogen) atoms. The third-order valence-corrected chi connectivity index (χ3v) is 4.43. The molecule has 1 aromatic rings. The summed E-state index contributed by atoms with van der Waals surface area (Å²) in [6.45, 7) is 0.575. The Morgan fingerprint density at radius 2 is 1.08 bits per heavy atom. The van der Waals surface area contributed by atoms with E-state index in [9.17, 15) is 61.6 Å². The third-order valence-electron chi connectivity index (χ3n) is 4.08. The Balaban J connectivity index is 3.11. The highest BCUT2D eigenvalue weighted by Gasteiger charge is 2.74. The van der Waals surface area contributed by atoms with Crippen molar-refractivity contribution in [2.45, 2.75) is 63.6 Å². The first-order valence-electron chi connectivity index (χ1n) is 9.58. The second-order valence-electron chi connectivity index (χ2n) is 6.80. The molecule has 0 heterocycles. The molecule has 220 valence electrons. The fourth-order valence-electron chi connectivity index (χ4n) is 2.65. The molecular weight excluding hydrogens is 594 g/mol. The van der Waals surface area contributed by atoms with Gasteiger partial charge in [-0.1, -0.05) is 13.8 Å². The summed E-state index contributed by atoms with van der Waals surface area (Å²) in [6.07, 6.45) is -40.2. The van der Waals surface area contributed by atoms with Gasteiger partial charge < -0.3 is 4.74 Å². The van der Waals surface area contributed by atoms with Gasteiger partial charge in [0, 0.05) is 15.7 Å². The van der Waals surface area contributed by atoms with E-state index in [0.717, 1.165) is 12.1 Å². The van der Waals surface area contributed by atoms with Gasteiger partial charge in [-0.3, -0.25) is 0 Å². The van der Waals surface area contributed by atoms with Crippen molar-refractivity contribution in [3.05, 3.63) is 23.3 Å². The number of hydrogen-bond acceptors (Lipinski definition) is 6. The Labute approximate surface area is 204 Å². The van der Waals surface area contributed by atoms with E-state index in [1.807, 2.05) is 0 Å². The van der Waals surface area contributed by atoms with Crippen LogP contribution in [0.5, 0.6) is 11.5 Å². The topological polar surface area (TPSA) is 83.5 Å². The Morgan fingerprint density at radius 1 is 0.684 bits per heavy atom. The highest BCUT2D eigenvalue weighted by Crippen LogP contribution is 2.48. The fourth-order valence-corrected chi connectivity index (χ4v) is 2.99. The van der Waals surface area contributed by atoms with Crippen LogP contribution < -0.4 is 9.26 Å². The van der Waals surface area contributed by atoms with Crippen LogP contribution in [0.15, 0.2) is 12.1 Å². The molecule has 0 spiro atoms. The van der Waals surface area contributed by atoms with Crippen LogP contribution in [0.3, 0.4) is 0 Å². The van der Waals surface area contributed by atoms with Gasteiger partial charge in [-0.15, -0.1) is 18.1 Å². The summed E-state index contributed by atoms with van der Waals surface area (Å²) in [5, 5.41) is 0. The van der Waals surface area contributed by atoms with Crippen molar-refractivity contribution in [1.29, 1.82) is 0 Å². The molecule has 0 aliphatic rings. The molecule has 0 aliphatic heterocycles. The molecule has 0 amide bonds. The summed E-state index contributed by atoms with van der Waals surface area (Å²) in [5.74, 6) is -0.714. The first-order valence-corrected chi connectivity index (χ1v) is 10.7. The maximum Gasteiger partial charge on any atom is 0.747 e. The smallest absolute Gasteiger partial charge is 0.484 e. The van der Waals surface area contributed by atoms with Crippen molar-refractivity contribution in [2.24, 2.45) is 0 Å². The van der Waals surface area contributed by atoms with Gasteiger partial charge in [-0.05, 0) is 25.0 Å². The molecule has 1 N–H and O–H groups in total. The second-order valence-corrected chi connectivity index (χ2v) is 7.46. The summed E-state index contributed by atoms with van der Waals surface area (Å²) in [6, 6.07) is 1.79. The van der Waals surface area contributed by atoms with Gasteiger partial charge in [-0.25, -0.2) is 18.7 Å². The molecule has 7 nitrogen and oxygen atoms in total. The van der Waals surface area contributed by atoms with Gasteiger partial charge in [0.25, 0.3) is 0 Å². The van der Waals surface area contributed by atoms with Crippen molar-refractivity contribution in [1.82, 2.24) is 0 Å². The molecule has 1 aromatic carbocycles. The number of benzene rings is 1. The molecule has 1 rings (SSSR count). The molecule has 1 atom stereocenters. The fraction of sp³-hybridized carbons (Fsp3) is 0.647. The average Bonchev–Trinajstić information content (AvgIpc) is 2.68. The van der Waals surface area contributed by atoms with Gasteiger partial charge in [0.2, 0.25) is 0 Å². The lowest BCUT2D eigenvalue weighted by molar-refractivity contribution is -0.564. The molecule has 0 saturated carbocycles. The van der Waals surface area contributed by atoms with E-state index < -0.39 is 57.5 Å². The number of hydrogen-bond donors (Lipinski definition) is 1. The van der Waals surface area contributed by atoms with Crippen LogP contribution in [0.25, 0.3) is 0 Å². The van der Waals surface area contributed by atoms with Crippen LogP contribution in [0.4, 0.5) is 57.1 Å². The number of alkyl halides is 13. The van der Waals surface area contributed by atoms with E-state index in [2.05, 4.69) is 14.0 Å². The van der Waals surface area contributed by atoms with Crippen LogP contribution in [0.2, 0.25) is 0 Å². The summed E-state index contributed by atoms with van der Waals surface area (Å²) in [7, 11) is -3.16. The zero-order valence-electron chi connectivity index (χ0n) is 18.5. The quantitative estimate of drug-likeness (QED) is 0.185. The molecule has 0 aromatic heterocycles. The Bertz CT molecular complexity index is 986. The van der Waals surface area contributed by atoms with Crippen LogP contribution in [-0.2, 0) is 31.6 Å². The minimum absolute atomic E-state index is 0.0182. The van der Waals surface area contributed by atoms with E-state index in [1.165, 1.54) is 13.8 Å². The number of halogens is 13. The van der Waals surface area contributed by atoms with Gasteiger partial charge in [-0.2, -0.15) is 43.9 Å². The van der Waals surface area contributed by atoms with E-state index in [1.54, 1.807) is 9.47 Å². The summed E-state index contributed by atoms with van der Waals surface area (Å²) >= 11 is 0. The van der Waals surface area contributed by atoms with Gasteiger partial charge in [0.1, 0.15) is 5.75 Å². The molecule has 1 unspecified atom stereocenters. The first-order chi connectivity index (χ1) is 16.9. The third kappa shape index (κ3) is 8.69. The standard InChI is InChI=1S/C17H14F13O7P/c1-3-8-9(4-2)11(34-38(31)32)6-5-10(8)33-7-12(18,19)35-13(20,21)14(22,23)36-15(24,25)16(26,27)37-17(28,29)30/h5-6H,3-4,7H2,1-2H3/p+1. The van der Waals surface area contributed by atoms with Crippen molar-refractivity contribution in [3.63, 3.8) is 0 Å². The average molecular weight is 609 g/mol. The predicted octanol–water partition coefficient (Wildman–Crippen LogP) is 6.75. The monoisotopic (exact) mass is 609 g/mol. The molecule has 21 heteroatoms. The van der Waals surface area contributed by atoms with Crippen LogP contribution in [-0.4, -0.2) is 48.4 Å². The van der Waals surface area contributed by atoms with Crippen LogP contribution in [0.1, 0.15) is 25.0 Å². The minimum atomic E-state index is -7.14. The van der Waals surface area contributed by atoms with E-state index in [4.69, 9.17) is 4.89 Å². The first kappa shape index (κ1) is 33.9. The molecule has 0 saturated heterocycles. The van der Waals surface area contributed by atoms with Crippen molar-refractivity contribution >= 4 is 8.25 Å². The maximum atomic E-state index is 13.9. The van der Waals surface area contributed by atoms with Gasteiger partial charge in [0.15, 0.2) is 12.4 Å². The Hall–Kier alpha value is -2.15. The second kappa shape index (κ2) is 11.5. The largest absolute Gasteiger partial charge is 0.747 e. The summed E-state index contributed by atoms with van der Waals surface area (Å²) in [4.78, 5) is 8.86. The zero-order chi connectivity index (χ0) is 30.0. The highest BCUT2D eigenvalue weighted by atomic mass is 31.1. The Kier molecular flexibility index (Phi) is 10.3. The Morgan fingerprint density at radius 3 is 1.50 bits per heavy atom. The molecule has 0 aliphatic carbocycles.